The van der Waals surface area contributed by atoms with Crippen molar-refractivity contribution in [3.8, 4) is 0 Å². The van der Waals surface area contributed by atoms with Crippen molar-refractivity contribution in [2.75, 3.05) is 44.2 Å². The summed E-state index contributed by atoms with van der Waals surface area (Å²) in [6.45, 7) is 6.49. The second-order valence-corrected chi connectivity index (χ2v) is 8.07. The zero-order valence-corrected chi connectivity index (χ0v) is 15.4. The predicted octanol–water partition coefficient (Wildman–Crippen LogP) is 1.43. The van der Waals surface area contributed by atoms with Crippen LogP contribution in [0.4, 0.5) is 5.69 Å². The lowest BCUT2D eigenvalue weighted by Crippen LogP contribution is -3.13. The molecule has 0 unspecified atom stereocenters. The fourth-order valence-corrected chi connectivity index (χ4v) is 4.72. The molecule has 3 heterocycles. The quantitative estimate of drug-likeness (QED) is 0.898. The van der Waals surface area contributed by atoms with Gasteiger partial charge in [-0.15, -0.1) is 11.3 Å². The molecule has 1 aromatic carbocycles. The molecule has 1 aromatic heterocycles. The summed E-state index contributed by atoms with van der Waals surface area (Å²) < 4.78 is 0. The number of rotatable bonds is 4. The van der Waals surface area contributed by atoms with E-state index in [1.165, 1.54) is 16.1 Å². The van der Waals surface area contributed by atoms with Crippen molar-refractivity contribution < 1.29 is 9.69 Å². The lowest BCUT2D eigenvalue weighted by molar-refractivity contribution is -0.917. The molecule has 1 amide bonds. The number of fused-ring (bicyclic) bond motifs is 1. The van der Waals surface area contributed by atoms with Crippen molar-refractivity contribution >= 4 is 22.9 Å². The van der Waals surface area contributed by atoms with Crippen molar-refractivity contribution in [2.24, 2.45) is 0 Å². The number of thiophene rings is 1. The summed E-state index contributed by atoms with van der Waals surface area (Å²) in [7, 11) is 0. The molecule has 0 aliphatic carbocycles. The third kappa shape index (κ3) is 3.88. The molecule has 2 aliphatic heterocycles. The largest absolute Gasteiger partial charge is 0.362 e. The summed E-state index contributed by atoms with van der Waals surface area (Å²) in [6, 6.07) is 12.9. The highest BCUT2D eigenvalue weighted by Gasteiger charge is 2.26. The Labute approximate surface area is 153 Å². The van der Waals surface area contributed by atoms with Crippen LogP contribution in [0.15, 0.2) is 41.8 Å². The molecular formula is C20H26N3OS+. The van der Waals surface area contributed by atoms with Gasteiger partial charge >= 0.3 is 0 Å². The molecule has 0 spiro atoms. The Kier molecular flexibility index (Phi) is 5.04. The summed E-state index contributed by atoms with van der Waals surface area (Å²) in [5.41, 5.74) is 2.64. The van der Waals surface area contributed by atoms with Gasteiger partial charge in [0.25, 0.3) is 0 Å². The van der Waals surface area contributed by atoms with E-state index in [1.807, 2.05) is 11.3 Å². The number of carbonyl (C=O) groups excluding carboxylic acids is 1. The van der Waals surface area contributed by atoms with Crippen LogP contribution in [0.25, 0.3) is 0 Å². The first-order chi connectivity index (χ1) is 12.3. The van der Waals surface area contributed by atoms with Gasteiger partial charge in [0.15, 0.2) is 0 Å². The second-order valence-electron chi connectivity index (χ2n) is 7.04. The van der Waals surface area contributed by atoms with Crippen molar-refractivity contribution in [1.82, 2.24) is 4.90 Å². The van der Waals surface area contributed by atoms with Gasteiger partial charge in [0.05, 0.1) is 37.6 Å². The van der Waals surface area contributed by atoms with Crippen molar-refractivity contribution in [2.45, 2.75) is 19.4 Å². The number of carbonyl (C=O) groups is 1. The molecule has 4 nitrogen and oxygen atoms in total. The van der Waals surface area contributed by atoms with Crippen LogP contribution < -0.4 is 9.80 Å². The highest BCUT2D eigenvalue weighted by Crippen LogP contribution is 2.26. The number of anilines is 1. The maximum absolute atomic E-state index is 12.8. The van der Waals surface area contributed by atoms with Gasteiger partial charge < -0.3 is 14.7 Å². The van der Waals surface area contributed by atoms with Gasteiger partial charge in [-0.05, 0) is 35.9 Å². The smallest absolute Gasteiger partial charge is 0.242 e. The van der Waals surface area contributed by atoms with Crippen LogP contribution in [0.2, 0.25) is 0 Å². The van der Waals surface area contributed by atoms with Crippen molar-refractivity contribution in [1.29, 1.82) is 0 Å². The number of nitrogens with zero attached hydrogens (tertiary/aromatic N) is 2. The molecule has 132 valence electrons. The number of quaternary nitrogens is 1. The zero-order valence-electron chi connectivity index (χ0n) is 14.6. The Hall–Kier alpha value is -1.85. The molecule has 0 radical (unpaired) electrons. The molecule has 5 heteroatoms. The number of hydrogen-bond acceptors (Lipinski definition) is 3. The third-order valence-corrected chi connectivity index (χ3v) is 6.24. The standard InChI is InChI=1S/C20H25N3OS/c24-20(16-23-9-3-6-17-5-1-2-8-19(17)23)22-12-10-21(11-13-22)15-18-7-4-14-25-18/h1-2,4-5,7-8,14H,3,6,9-13,15-16H2/p+1. The normalized spacial score (nSPS) is 18.2. The van der Waals surface area contributed by atoms with Crippen LogP contribution in [0.1, 0.15) is 16.9 Å². The molecule has 0 saturated carbocycles. The second kappa shape index (κ2) is 7.58. The lowest BCUT2D eigenvalue weighted by atomic mass is 10.0. The maximum Gasteiger partial charge on any atom is 0.242 e. The van der Waals surface area contributed by atoms with Crippen molar-refractivity contribution in [3.63, 3.8) is 0 Å². The minimum absolute atomic E-state index is 0.284. The van der Waals surface area contributed by atoms with E-state index in [1.54, 1.807) is 4.90 Å². The van der Waals surface area contributed by atoms with Gasteiger partial charge in [-0.25, -0.2) is 0 Å². The lowest BCUT2D eigenvalue weighted by Gasteiger charge is -2.35. The average molecular weight is 357 g/mol. The molecule has 2 aromatic rings. The fourth-order valence-electron chi connectivity index (χ4n) is 3.95. The third-order valence-electron chi connectivity index (χ3n) is 5.36. The molecule has 25 heavy (non-hydrogen) atoms. The highest BCUT2D eigenvalue weighted by atomic mass is 32.1. The Morgan fingerprint density at radius 3 is 2.72 bits per heavy atom. The number of aryl methyl sites for hydroxylation is 1. The van der Waals surface area contributed by atoms with Crippen LogP contribution in [-0.2, 0) is 17.8 Å². The predicted molar refractivity (Wildman–Crippen MR) is 102 cm³/mol. The average Bonchev–Trinajstić information content (AvgIpc) is 3.16. The van der Waals surface area contributed by atoms with Gasteiger partial charge in [0.2, 0.25) is 5.91 Å². The number of benzene rings is 1. The molecule has 1 saturated heterocycles. The van der Waals surface area contributed by atoms with Crippen LogP contribution in [0, 0.1) is 0 Å². The molecule has 1 fully saturated rings. The Morgan fingerprint density at radius 1 is 1.08 bits per heavy atom. The number of para-hydroxylation sites is 1. The van der Waals surface area contributed by atoms with Crippen LogP contribution in [0.5, 0.6) is 0 Å². The number of amides is 1. The molecule has 1 N–H and O–H groups in total. The SMILES string of the molecule is O=C(CN1CCCc2ccccc21)N1CC[NH+](Cc2cccs2)CC1. The molecule has 2 aliphatic rings. The number of nitrogens with one attached hydrogen (secondary N) is 1. The monoisotopic (exact) mass is 356 g/mol. The first-order valence-corrected chi connectivity index (χ1v) is 10.1. The molecule has 0 atom stereocenters. The van der Waals surface area contributed by atoms with Crippen LogP contribution in [-0.4, -0.2) is 50.1 Å². The van der Waals surface area contributed by atoms with Gasteiger partial charge in [0, 0.05) is 12.2 Å². The van der Waals surface area contributed by atoms with E-state index in [-0.39, 0.29) is 5.91 Å². The van der Waals surface area contributed by atoms with Gasteiger partial charge in [-0.1, -0.05) is 24.3 Å². The van der Waals surface area contributed by atoms with Gasteiger partial charge in [0.1, 0.15) is 6.54 Å². The Bertz CT molecular complexity index is 707. The minimum Gasteiger partial charge on any atom is -0.362 e. The molecule has 4 rings (SSSR count). The Balaban J connectivity index is 1.31. The molecule has 0 bridgehead atoms. The van der Waals surface area contributed by atoms with E-state index in [9.17, 15) is 4.79 Å². The first kappa shape index (κ1) is 16.6. The van der Waals surface area contributed by atoms with Gasteiger partial charge in [-0.3, -0.25) is 4.79 Å². The summed E-state index contributed by atoms with van der Waals surface area (Å²) in [5, 5.41) is 2.14. The van der Waals surface area contributed by atoms with E-state index in [0.717, 1.165) is 52.1 Å². The number of hydrogen-bond donors (Lipinski definition) is 1. The maximum atomic E-state index is 12.8. The van der Waals surface area contributed by atoms with Crippen LogP contribution in [0.3, 0.4) is 0 Å². The van der Waals surface area contributed by atoms with Gasteiger partial charge in [-0.2, -0.15) is 0 Å². The van der Waals surface area contributed by atoms with E-state index in [4.69, 9.17) is 0 Å². The van der Waals surface area contributed by atoms with E-state index in [0.29, 0.717) is 6.54 Å². The van der Waals surface area contributed by atoms with Crippen molar-refractivity contribution in [3.05, 3.63) is 52.2 Å². The topological polar surface area (TPSA) is 28.0 Å². The minimum atomic E-state index is 0.284. The number of piperazine rings is 1. The summed E-state index contributed by atoms with van der Waals surface area (Å²) in [5.74, 6) is 0.284. The van der Waals surface area contributed by atoms with E-state index >= 15 is 0 Å². The highest BCUT2D eigenvalue weighted by molar-refractivity contribution is 7.09. The molecular weight excluding hydrogens is 330 g/mol. The van der Waals surface area contributed by atoms with Crippen LogP contribution >= 0.6 is 11.3 Å². The summed E-state index contributed by atoms with van der Waals surface area (Å²) >= 11 is 1.83. The first-order valence-electron chi connectivity index (χ1n) is 9.26. The fraction of sp³-hybridized carbons (Fsp3) is 0.450. The summed E-state index contributed by atoms with van der Waals surface area (Å²) in [6.07, 6.45) is 2.27. The Morgan fingerprint density at radius 2 is 1.92 bits per heavy atom. The zero-order chi connectivity index (χ0) is 17.1. The van der Waals surface area contributed by atoms with E-state index in [2.05, 4.69) is 51.6 Å². The summed E-state index contributed by atoms with van der Waals surface area (Å²) in [4.78, 5) is 20.1. The van der Waals surface area contributed by atoms with E-state index < -0.39 is 0 Å².